The molecule has 1 N–H and O–H groups in total. The number of nitrogens with zero attached hydrogens (tertiary/aromatic N) is 7. The molecule has 0 saturated carbocycles. The van der Waals surface area contributed by atoms with Crippen LogP contribution < -0.4 is 10.9 Å². The van der Waals surface area contributed by atoms with Crippen molar-refractivity contribution in [2.24, 2.45) is 0 Å². The highest BCUT2D eigenvalue weighted by Gasteiger charge is 2.30. The minimum absolute atomic E-state index is 0.0345. The van der Waals surface area contributed by atoms with E-state index in [4.69, 9.17) is 9.47 Å². The number of allylic oxidation sites excluding steroid dienone is 1. The second-order valence-electron chi connectivity index (χ2n) is 11.7. The van der Waals surface area contributed by atoms with Crippen molar-refractivity contribution in [1.82, 2.24) is 33.9 Å². The molecule has 3 aromatic heterocycles. The second-order valence-corrected chi connectivity index (χ2v) is 11.7. The van der Waals surface area contributed by atoms with Crippen LogP contribution in [-0.4, -0.2) is 98.9 Å². The summed E-state index contributed by atoms with van der Waals surface area (Å²) in [5.74, 6) is -0.688. The molecule has 3 aromatic rings. The number of alkyl halides is 3. The number of hydrogen-bond donors (Lipinski definition) is 1. The molecule has 2 unspecified atom stereocenters. The van der Waals surface area contributed by atoms with Crippen LogP contribution in [0.15, 0.2) is 41.6 Å². The molecule has 1 saturated heterocycles. The van der Waals surface area contributed by atoms with Crippen LogP contribution in [0.5, 0.6) is 0 Å². The first-order valence-electron chi connectivity index (χ1n) is 15.4. The number of halogens is 3. The SMILES string of the molecule is CN(C)C(=O)C=CCCC(OC(=O)N(C)C)C(=O)Nc1cccn(Cc2nc3c(CCC(F)(F)F)ncnc3n2C2CCCCO2)c1=O. The zero-order valence-corrected chi connectivity index (χ0v) is 27.2. The number of aryl methyl sites for hydroxylation is 1. The van der Waals surface area contributed by atoms with E-state index in [-0.39, 0.29) is 42.2 Å². The Hall–Kier alpha value is -4.80. The largest absolute Gasteiger partial charge is 0.436 e. The Morgan fingerprint density at radius 1 is 1.17 bits per heavy atom. The lowest BCUT2D eigenvalue weighted by Gasteiger charge is -2.25. The van der Waals surface area contributed by atoms with Crippen molar-refractivity contribution in [2.45, 2.75) is 70.0 Å². The van der Waals surface area contributed by atoms with Crippen molar-refractivity contribution in [3.63, 3.8) is 0 Å². The standard InChI is InChI=1S/C31H39F3N8O6/c1-39(2)24(43)12-6-5-11-22(48-30(46)40(3)4)28(44)37-21-10-9-16-41(29(21)45)18-23-38-26-20(14-15-31(32,33)34)35-19-36-27(26)42(23)25-13-7-8-17-47-25/h6,9-10,12,16,19,22,25H,5,7-8,11,13-15,17-18H2,1-4H3,(H,37,44). The lowest BCUT2D eigenvalue weighted by Crippen LogP contribution is -2.37. The number of hydrogen-bond acceptors (Lipinski definition) is 9. The molecule has 48 heavy (non-hydrogen) atoms. The summed E-state index contributed by atoms with van der Waals surface area (Å²) in [5.41, 5.74) is -0.0926. The third-order valence-electron chi connectivity index (χ3n) is 7.50. The molecule has 1 aliphatic heterocycles. The number of rotatable bonds is 12. The molecule has 1 fully saturated rings. The van der Waals surface area contributed by atoms with Gasteiger partial charge in [0.15, 0.2) is 11.8 Å². The van der Waals surface area contributed by atoms with Crippen molar-refractivity contribution in [1.29, 1.82) is 0 Å². The highest BCUT2D eigenvalue weighted by Crippen LogP contribution is 2.30. The van der Waals surface area contributed by atoms with Gasteiger partial charge in [-0.3, -0.25) is 19.0 Å². The van der Waals surface area contributed by atoms with Crippen LogP contribution in [-0.2, 0) is 32.0 Å². The molecule has 0 bridgehead atoms. The quantitative estimate of drug-likeness (QED) is 0.283. The van der Waals surface area contributed by atoms with E-state index in [1.807, 2.05) is 0 Å². The van der Waals surface area contributed by atoms with E-state index in [1.54, 1.807) is 24.7 Å². The van der Waals surface area contributed by atoms with Crippen LogP contribution in [0, 0.1) is 0 Å². The number of imidazole rings is 1. The fourth-order valence-corrected chi connectivity index (χ4v) is 4.96. The van der Waals surface area contributed by atoms with E-state index >= 15 is 0 Å². The Morgan fingerprint density at radius 2 is 1.94 bits per heavy atom. The van der Waals surface area contributed by atoms with Gasteiger partial charge in [-0.25, -0.2) is 19.7 Å². The Bertz CT molecular complexity index is 1700. The summed E-state index contributed by atoms with van der Waals surface area (Å²) in [6, 6.07) is 2.93. The third-order valence-corrected chi connectivity index (χ3v) is 7.50. The van der Waals surface area contributed by atoms with Crippen molar-refractivity contribution < 1.29 is 37.0 Å². The Kier molecular flexibility index (Phi) is 11.9. The van der Waals surface area contributed by atoms with Crippen molar-refractivity contribution in [2.75, 3.05) is 40.1 Å². The monoisotopic (exact) mass is 676 g/mol. The summed E-state index contributed by atoms with van der Waals surface area (Å²) in [6.07, 6.45) is -0.289. The smallest absolute Gasteiger partial charge is 0.410 e. The Labute approximate surface area is 274 Å². The van der Waals surface area contributed by atoms with Crippen LogP contribution in [0.25, 0.3) is 11.2 Å². The van der Waals surface area contributed by atoms with E-state index in [0.717, 1.165) is 17.7 Å². The van der Waals surface area contributed by atoms with Gasteiger partial charge in [0.25, 0.3) is 11.5 Å². The first-order chi connectivity index (χ1) is 22.7. The Balaban J connectivity index is 1.61. The van der Waals surface area contributed by atoms with Gasteiger partial charge < -0.3 is 29.2 Å². The average Bonchev–Trinajstić information content (AvgIpc) is 3.41. The number of pyridine rings is 1. The highest BCUT2D eigenvalue weighted by molar-refractivity contribution is 5.95. The number of carbonyl (C=O) groups is 3. The van der Waals surface area contributed by atoms with Crippen molar-refractivity contribution >= 4 is 34.8 Å². The van der Waals surface area contributed by atoms with Gasteiger partial charge in [0, 0.05) is 53.8 Å². The predicted molar refractivity (Wildman–Crippen MR) is 168 cm³/mol. The maximum absolute atomic E-state index is 13.6. The zero-order valence-electron chi connectivity index (χ0n) is 27.2. The van der Waals surface area contributed by atoms with Gasteiger partial charge in [0.1, 0.15) is 29.6 Å². The number of amides is 3. The fraction of sp³-hybridized carbons (Fsp3) is 0.516. The highest BCUT2D eigenvalue weighted by atomic mass is 19.4. The summed E-state index contributed by atoms with van der Waals surface area (Å²) in [7, 11) is 6.11. The van der Waals surface area contributed by atoms with Gasteiger partial charge >= 0.3 is 12.3 Å². The summed E-state index contributed by atoms with van der Waals surface area (Å²) in [4.78, 5) is 66.6. The van der Waals surface area contributed by atoms with Crippen LogP contribution in [0.4, 0.5) is 23.7 Å². The van der Waals surface area contributed by atoms with Crippen LogP contribution >= 0.6 is 0 Å². The molecule has 4 heterocycles. The van der Waals surface area contributed by atoms with E-state index < -0.39 is 48.9 Å². The summed E-state index contributed by atoms with van der Waals surface area (Å²) < 4.78 is 53.5. The third kappa shape index (κ3) is 9.39. The fourth-order valence-electron chi connectivity index (χ4n) is 4.96. The summed E-state index contributed by atoms with van der Waals surface area (Å²) >= 11 is 0. The molecule has 0 aromatic carbocycles. The van der Waals surface area contributed by atoms with E-state index in [1.165, 1.54) is 54.3 Å². The molecular weight excluding hydrogens is 637 g/mol. The number of likely N-dealkylation sites (N-methyl/N-ethyl adjacent to an activating group) is 1. The average molecular weight is 677 g/mol. The maximum atomic E-state index is 13.6. The van der Waals surface area contributed by atoms with Crippen molar-refractivity contribution in [3.8, 4) is 0 Å². The lowest BCUT2D eigenvalue weighted by molar-refractivity contribution is -0.134. The van der Waals surface area contributed by atoms with E-state index in [0.29, 0.717) is 24.5 Å². The first kappa shape index (κ1) is 36.0. The number of anilines is 1. The number of fused-ring (bicyclic) bond motifs is 1. The van der Waals surface area contributed by atoms with Gasteiger partial charge in [-0.2, -0.15) is 13.2 Å². The van der Waals surface area contributed by atoms with Gasteiger partial charge in [-0.05, 0) is 50.3 Å². The number of carbonyl (C=O) groups excluding carboxylic acids is 3. The molecule has 14 nitrogen and oxygen atoms in total. The minimum Gasteiger partial charge on any atom is -0.436 e. The van der Waals surface area contributed by atoms with Crippen LogP contribution in [0.1, 0.15) is 56.3 Å². The molecule has 1 aliphatic rings. The molecule has 4 rings (SSSR count). The molecule has 0 radical (unpaired) electrons. The second kappa shape index (κ2) is 15.9. The van der Waals surface area contributed by atoms with E-state index in [9.17, 15) is 32.3 Å². The van der Waals surface area contributed by atoms with E-state index in [2.05, 4.69) is 20.3 Å². The maximum Gasteiger partial charge on any atom is 0.410 e. The number of aromatic nitrogens is 5. The molecule has 17 heteroatoms. The van der Waals surface area contributed by atoms with Crippen LogP contribution in [0.2, 0.25) is 0 Å². The molecular formula is C31H39F3N8O6. The molecule has 3 amide bonds. The normalized spacial score (nSPS) is 15.8. The minimum atomic E-state index is -4.39. The van der Waals surface area contributed by atoms with Crippen molar-refractivity contribution in [3.05, 3.63) is 58.7 Å². The molecule has 2 atom stereocenters. The van der Waals surface area contributed by atoms with Gasteiger partial charge in [-0.15, -0.1) is 0 Å². The molecule has 260 valence electrons. The topological polar surface area (TPSA) is 154 Å². The number of ether oxygens (including phenoxy) is 2. The summed E-state index contributed by atoms with van der Waals surface area (Å²) in [5, 5.41) is 2.55. The Morgan fingerprint density at radius 3 is 2.60 bits per heavy atom. The lowest BCUT2D eigenvalue weighted by atomic mass is 10.1. The summed E-state index contributed by atoms with van der Waals surface area (Å²) in [6.45, 7) is 0.347. The number of nitrogens with one attached hydrogen (secondary N) is 1. The zero-order chi connectivity index (χ0) is 35.0. The predicted octanol–water partition coefficient (Wildman–Crippen LogP) is 3.66. The molecule has 0 aliphatic carbocycles. The first-order valence-corrected chi connectivity index (χ1v) is 15.4. The van der Waals surface area contributed by atoms with Gasteiger partial charge in [0.05, 0.1) is 12.2 Å². The molecule has 0 spiro atoms. The van der Waals surface area contributed by atoms with Gasteiger partial charge in [0.2, 0.25) is 5.91 Å². The van der Waals surface area contributed by atoms with Crippen LogP contribution in [0.3, 0.4) is 0 Å². The van der Waals surface area contributed by atoms with Gasteiger partial charge in [-0.1, -0.05) is 6.08 Å².